The van der Waals surface area contributed by atoms with Crippen LogP contribution in [0.25, 0.3) is 0 Å². The van der Waals surface area contributed by atoms with Crippen LogP contribution in [-0.4, -0.2) is 46.0 Å². The Morgan fingerprint density at radius 3 is 2.92 bits per heavy atom. The first kappa shape index (κ1) is 17.0. The molecule has 1 aliphatic carbocycles. The Bertz CT molecular complexity index is 800. The normalized spacial score (nSPS) is 22.4. The van der Waals surface area contributed by atoms with Gasteiger partial charge in [-0.05, 0) is 38.8 Å². The number of hydrogen-bond acceptors (Lipinski definition) is 5. The molecule has 0 bridgehead atoms. The summed E-state index contributed by atoms with van der Waals surface area (Å²) in [5.74, 6) is 1.13. The Balaban J connectivity index is 1.41. The smallest absolute Gasteiger partial charge is 0.253 e. The molecule has 2 aromatic rings. The lowest BCUT2D eigenvalue weighted by molar-refractivity contribution is 0.0903. The number of carbonyl (C=O) groups is 1. The highest BCUT2D eigenvalue weighted by atomic mass is 16.5. The molecule has 7 nitrogen and oxygen atoms in total. The molecule has 1 aliphatic heterocycles. The van der Waals surface area contributed by atoms with Crippen molar-refractivity contribution in [2.75, 3.05) is 13.2 Å². The minimum absolute atomic E-state index is 0.134. The third-order valence-electron chi connectivity index (χ3n) is 4.91. The van der Waals surface area contributed by atoms with E-state index in [0.29, 0.717) is 30.4 Å². The number of aryl methyl sites for hydroxylation is 2. The molecule has 138 valence electrons. The predicted molar refractivity (Wildman–Crippen MR) is 95.3 cm³/mol. The standard InChI is InChI=1S/C19H24N4O3/c1-3-23-9-14(8-20-23)26-18-11-25-10-17(18)22-19(24)15-6-7-16(13-4-5-13)21-12(15)2/h6-9,13,17-18H,3-5,10-11H2,1-2H3,(H,22,24)/t17-,18+/m0/s1. The molecule has 3 heterocycles. The third kappa shape index (κ3) is 3.58. The lowest BCUT2D eigenvalue weighted by Gasteiger charge is -2.20. The van der Waals surface area contributed by atoms with Crippen molar-refractivity contribution in [3.05, 3.63) is 41.5 Å². The van der Waals surface area contributed by atoms with Crippen molar-refractivity contribution in [2.45, 2.75) is 51.3 Å². The van der Waals surface area contributed by atoms with Gasteiger partial charge in [-0.3, -0.25) is 14.5 Å². The number of pyridine rings is 1. The van der Waals surface area contributed by atoms with Crippen LogP contribution in [0, 0.1) is 6.92 Å². The number of ether oxygens (including phenoxy) is 2. The summed E-state index contributed by atoms with van der Waals surface area (Å²) in [6, 6.07) is 3.65. The summed E-state index contributed by atoms with van der Waals surface area (Å²) < 4.78 is 13.3. The molecule has 2 aliphatic rings. The summed E-state index contributed by atoms with van der Waals surface area (Å²) in [5.41, 5.74) is 2.48. The monoisotopic (exact) mass is 356 g/mol. The van der Waals surface area contributed by atoms with Crippen LogP contribution < -0.4 is 10.1 Å². The largest absolute Gasteiger partial charge is 0.482 e. The van der Waals surface area contributed by atoms with E-state index in [-0.39, 0.29) is 18.1 Å². The number of hydrogen-bond donors (Lipinski definition) is 1. The second-order valence-corrected chi connectivity index (χ2v) is 6.95. The Kier molecular flexibility index (Phi) is 4.63. The minimum Gasteiger partial charge on any atom is -0.482 e. The van der Waals surface area contributed by atoms with Crippen LogP contribution >= 0.6 is 0 Å². The molecule has 1 N–H and O–H groups in total. The molecule has 0 spiro atoms. The van der Waals surface area contributed by atoms with Gasteiger partial charge >= 0.3 is 0 Å². The first-order valence-corrected chi connectivity index (χ1v) is 9.19. The maximum Gasteiger partial charge on any atom is 0.253 e. The zero-order chi connectivity index (χ0) is 18.1. The molecular weight excluding hydrogens is 332 g/mol. The fourth-order valence-corrected chi connectivity index (χ4v) is 3.21. The Morgan fingerprint density at radius 2 is 2.23 bits per heavy atom. The van der Waals surface area contributed by atoms with Gasteiger partial charge in [0, 0.05) is 18.2 Å². The van der Waals surface area contributed by atoms with Crippen molar-refractivity contribution < 1.29 is 14.3 Å². The average molecular weight is 356 g/mol. The van der Waals surface area contributed by atoms with Gasteiger partial charge in [-0.25, -0.2) is 0 Å². The molecule has 4 rings (SSSR count). The maximum atomic E-state index is 12.7. The molecule has 0 radical (unpaired) electrons. The molecule has 1 saturated heterocycles. The van der Waals surface area contributed by atoms with Gasteiger partial charge in [0.1, 0.15) is 6.10 Å². The van der Waals surface area contributed by atoms with Crippen LogP contribution in [-0.2, 0) is 11.3 Å². The Labute approximate surface area is 152 Å². The molecular formula is C19H24N4O3. The lowest BCUT2D eigenvalue weighted by Crippen LogP contribution is -2.45. The molecule has 0 unspecified atom stereocenters. The fraction of sp³-hybridized carbons (Fsp3) is 0.526. The van der Waals surface area contributed by atoms with Gasteiger partial charge in [0.05, 0.1) is 42.9 Å². The van der Waals surface area contributed by atoms with Crippen LogP contribution in [0.4, 0.5) is 0 Å². The first-order valence-electron chi connectivity index (χ1n) is 9.19. The van der Waals surface area contributed by atoms with E-state index in [4.69, 9.17) is 9.47 Å². The van der Waals surface area contributed by atoms with Crippen molar-refractivity contribution >= 4 is 5.91 Å². The van der Waals surface area contributed by atoms with E-state index >= 15 is 0 Å². The van der Waals surface area contributed by atoms with E-state index < -0.39 is 0 Å². The van der Waals surface area contributed by atoms with Crippen LogP contribution in [0.1, 0.15) is 47.4 Å². The molecule has 2 atom stereocenters. The van der Waals surface area contributed by atoms with Crippen molar-refractivity contribution in [3.63, 3.8) is 0 Å². The van der Waals surface area contributed by atoms with Crippen LogP contribution in [0.5, 0.6) is 5.75 Å². The minimum atomic E-state index is -0.229. The summed E-state index contributed by atoms with van der Waals surface area (Å²) in [7, 11) is 0. The number of rotatable bonds is 6. The van der Waals surface area contributed by atoms with E-state index in [9.17, 15) is 4.79 Å². The third-order valence-corrected chi connectivity index (χ3v) is 4.91. The number of amides is 1. The second kappa shape index (κ2) is 7.07. The molecule has 2 fully saturated rings. The highest BCUT2D eigenvalue weighted by Crippen LogP contribution is 2.39. The van der Waals surface area contributed by atoms with E-state index in [1.165, 1.54) is 12.8 Å². The van der Waals surface area contributed by atoms with Gasteiger partial charge in [0.15, 0.2) is 5.75 Å². The maximum absolute atomic E-state index is 12.7. The number of carbonyl (C=O) groups excluding carboxylic acids is 1. The topological polar surface area (TPSA) is 78.3 Å². The summed E-state index contributed by atoms with van der Waals surface area (Å²) in [5, 5.41) is 7.24. The summed E-state index contributed by atoms with van der Waals surface area (Å²) >= 11 is 0. The van der Waals surface area contributed by atoms with Crippen molar-refractivity contribution in [1.29, 1.82) is 0 Å². The van der Waals surface area contributed by atoms with Gasteiger partial charge in [-0.1, -0.05) is 0 Å². The Morgan fingerprint density at radius 1 is 1.38 bits per heavy atom. The van der Waals surface area contributed by atoms with Crippen LogP contribution in [0.3, 0.4) is 0 Å². The van der Waals surface area contributed by atoms with Gasteiger partial charge in [-0.15, -0.1) is 0 Å². The van der Waals surface area contributed by atoms with Crippen LogP contribution in [0.2, 0.25) is 0 Å². The zero-order valence-electron chi connectivity index (χ0n) is 15.1. The molecule has 2 aromatic heterocycles. The van der Waals surface area contributed by atoms with Gasteiger partial charge in [0.2, 0.25) is 0 Å². The summed E-state index contributed by atoms with van der Waals surface area (Å²) in [6.45, 7) is 5.57. The predicted octanol–water partition coefficient (Wildman–Crippen LogP) is 2.06. The quantitative estimate of drug-likeness (QED) is 0.857. The van der Waals surface area contributed by atoms with E-state index in [1.807, 2.05) is 32.2 Å². The van der Waals surface area contributed by atoms with Crippen molar-refractivity contribution in [1.82, 2.24) is 20.1 Å². The first-order chi connectivity index (χ1) is 12.6. The van der Waals surface area contributed by atoms with Gasteiger partial charge < -0.3 is 14.8 Å². The van der Waals surface area contributed by atoms with Crippen molar-refractivity contribution in [3.8, 4) is 5.75 Å². The van der Waals surface area contributed by atoms with E-state index in [1.54, 1.807) is 10.9 Å². The molecule has 1 amide bonds. The average Bonchev–Trinajstić information content (AvgIpc) is 3.25. The van der Waals surface area contributed by atoms with Crippen molar-refractivity contribution in [2.24, 2.45) is 0 Å². The molecule has 26 heavy (non-hydrogen) atoms. The Hall–Kier alpha value is -2.41. The van der Waals surface area contributed by atoms with Crippen LogP contribution in [0.15, 0.2) is 24.5 Å². The summed E-state index contributed by atoms with van der Waals surface area (Å²) in [4.78, 5) is 17.3. The van der Waals surface area contributed by atoms with E-state index in [2.05, 4.69) is 15.4 Å². The highest BCUT2D eigenvalue weighted by Gasteiger charge is 2.32. The molecule has 1 saturated carbocycles. The lowest BCUT2D eigenvalue weighted by atomic mass is 10.1. The zero-order valence-corrected chi connectivity index (χ0v) is 15.1. The SMILES string of the molecule is CCn1cc(O[C@@H]2COC[C@@H]2NC(=O)c2ccc(C3CC3)nc2C)cn1. The molecule has 7 heteroatoms. The summed E-state index contributed by atoms with van der Waals surface area (Å²) in [6.07, 6.45) is 5.70. The fourth-order valence-electron chi connectivity index (χ4n) is 3.21. The van der Waals surface area contributed by atoms with E-state index in [0.717, 1.165) is 17.9 Å². The highest BCUT2D eigenvalue weighted by molar-refractivity contribution is 5.95. The molecule has 0 aromatic carbocycles. The van der Waals surface area contributed by atoms with Gasteiger partial charge in [0.25, 0.3) is 5.91 Å². The van der Waals surface area contributed by atoms with Gasteiger partial charge in [-0.2, -0.15) is 5.10 Å². The second-order valence-electron chi connectivity index (χ2n) is 6.95. The number of nitrogens with zero attached hydrogens (tertiary/aromatic N) is 3. The number of aromatic nitrogens is 3. The number of nitrogens with one attached hydrogen (secondary N) is 1.